The lowest BCUT2D eigenvalue weighted by molar-refractivity contribution is 0.266. The highest BCUT2D eigenvalue weighted by Crippen LogP contribution is 2.19. The molecule has 0 spiro atoms. The first-order chi connectivity index (χ1) is 8.15. The second-order valence-corrected chi connectivity index (χ2v) is 5.13. The Hall–Kier alpha value is -1.29. The lowest BCUT2D eigenvalue weighted by Crippen LogP contribution is -2.29. The molecular weight excluding hydrogens is 212 g/mol. The van der Waals surface area contributed by atoms with Crippen LogP contribution in [0.1, 0.15) is 20.3 Å². The van der Waals surface area contributed by atoms with E-state index < -0.39 is 0 Å². The Morgan fingerprint density at radius 3 is 3.00 bits per heavy atom. The van der Waals surface area contributed by atoms with Gasteiger partial charge in [0.05, 0.1) is 17.6 Å². The van der Waals surface area contributed by atoms with E-state index in [0.717, 1.165) is 18.2 Å². The standard InChI is InChI=1S/C13H22N4/c1-10(2)17-4-3-11(9-17)6-16-13-5-12(14)7-15-8-13/h5,7-8,10-11,16H,3-4,6,9,14H2,1-2H3. The maximum absolute atomic E-state index is 5.69. The summed E-state index contributed by atoms with van der Waals surface area (Å²) in [6.07, 6.45) is 4.77. The molecule has 1 atom stereocenters. The Morgan fingerprint density at radius 2 is 2.35 bits per heavy atom. The lowest BCUT2D eigenvalue weighted by atomic mass is 10.1. The van der Waals surface area contributed by atoms with Crippen LogP contribution in [-0.2, 0) is 0 Å². The quantitative estimate of drug-likeness (QED) is 0.834. The second-order valence-electron chi connectivity index (χ2n) is 5.13. The molecule has 0 saturated carbocycles. The number of anilines is 2. The molecule has 1 saturated heterocycles. The summed E-state index contributed by atoms with van der Waals surface area (Å²) in [6.45, 7) is 7.95. The first kappa shape index (κ1) is 12.2. The molecule has 2 heterocycles. The number of nitrogen functional groups attached to an aromatic ring is 1. The number of nitrogens with zero attached hydrogens (tertiary/aromatic N) is 2. The molecule has 0 aliphatic carbocycles. The Morgan fingerprint density at radius 1 is 1.53 bits per heavy atom. The number of hydrogen-bond acceptors (Lipinski definition) is 4. The van der Waals surface area contributed by atoms with Gasteiger partial charge in [-0.25, -0.2) is 0 Å². The highest BCUT2D eigenvalue weighted by molar-refractivity contribution is 5.51. The molecule has 1 fully saturated rings. The third-order valence-electron chi connectivity index (χ3n) is 3.40. The fourth-order valence-corrected chi connectivity index (χ4v) is 2.31. The van der Waals surface area contributed by atoms with E-state index in [1.807, 2.05) is 12.3 Å². The highest BCUT2D eigenvalue weighted by atomic mass is 15.2. The van der Waals surface area contributed by atoms with Crippen molar-refractivity contribution in [2.45, 2.75) is 26.3 Å². The Bertz CT molecular complexity index is 364. The average Bonchev–Trinajstić information content (AvgIpc) is 2.75. The molecule has 4 heteroatoms. The van der Waals surface area contributed by atoms with Crippen LogP contribution >= 0.6 is 0 Å². The van der Waals surface area contributed by atoms with E-state index in [-0.39, 0.29) is 0 Å². The topological polar surface area (TPSA) is 54.2 Å². The first-order valence-electron chi connectivity index (χ1n) is 6.33. The van der Waals surface area contributed by atoms with Gasteiger partial charge >= 0.3 is 0 Å². The van der Waals surface area contributed by atoms with E-state index in [1.165, 1.54) is 19.5 Å². The molecule has 1 aliphatic heterocycles. The van der Waals surface area contributed by atoms with Gasteiger partial charge in [0.1, 0.15) is 0 Å². The predicted octanol–water partition coefficient (Wildman–Crippen LogP) is 1.81. The zero-order valence-corrected chi connectivity index (χ0v) is 10.7. The smallest absolute Gasteiger partial charge is 0.0547 e. The van der Waals surface area contributed by atoms with E-state index in [0.29, 0.717) is 11.7 Å². The van der Waals surface area contributed by atoms with E-state index in [9.17, 15) is 0 Å². The van der Waals surface area contributed by atoms with Crippen molar-refractivity contribution in [3.05, 3.63) is 18.5 Å². The fourth-order valence-electron chi connectivity index (χ4n) is 2.31. The minimum Gasteiger partial charge on any atom is -0.397 e. The molecule has 1 aromatic rings. The van der Waals surface area contributed by atoms with Crippen molar-refractivity contribution in [2.24, 2.45) is 5.92 Å². The van der Waals surface area contributed by atoms with Crippen LogP contribution < -0.4 is 11.1 Å². The fraction of sp³-hybridized carbons (Fsp3) is 0.615. The molecule has 94 valence electrons. The molecule has 1 unspecified atom stereocenters. The van der Waals surface area contributed by atoms with Gasteiger partial charge in [0.25, 0.3) is 0 Å². The summed E-state index contributed by atoms with van der Waals surface area (Å²) < 4.78 is 0. The van der Waals surface area contributed by atoms with Crippen LogP contribution in [0, 0.1) is 5.92 Å². The molecule has 4 nitrogen and oxygen atoms in total. The third-order valence-corrected chi connectivity index (χ3v) is 3.40. The minimum atomic E-state index is 0.661. The third kappa shape index (κ3) is 3.33. The summed E-state index contributed by atoms with van der Waals surface area (Å²) in [5, 5.41) is 3.42. The van der Waals surface area contributed by atoms with Crippen LogP contribution in [0.25, 0.3) is 0 Å². The molecule has 1 aromatic heterocycles. The van der Waals surface area contributed by atoms with Crippen molar-refractivity contribution >= 4 is 11.4 Å². The number of likely N-dealkylation sites (tertiary alicyclic amines) is 1. The summed E-state index contributed by atoms with van der Waals surface area (Å²) in [5.74, 6) is 0.735. The SMILES string of the molecule is CC(C)N1CCC(CNc2cncc(N)c2)C1. The second kappa shape index (κ2) is 5.36. The summed E-state index contributed by atoms with van der Waals surface area (Å²) in [4.78, 5) is 6.61. The molecule has 2 rings (SSSR count). The zero-order chi connectivity index (χ0) is 12.3. The Kier molecular flexibility index (Phi) is 3.84. The number of aromatic nitrogens is 1. The van der Waals surface area contributed by atoms with Gasteiger partial charge in [-0.2, -0.15) is 0 Å². The Balaban J connectivity index is 1.80. The Labute approximate surface area is 103 Å². The van der Waals surface area contributed by atoms with Gasteiger partial charge in [-0.1, -0.05) is 0 Å². The van der Waals surface area contributed by atoms with Gasteiger partial charge in [-0.15, -0.1) is 0 Å². The molecular formula is C13H22N4. The maximum Gasteiger partial charge on any atom is 0.0547 e. The van der Waals surface area contributed by atoms with Crippen LogP contribution in [0.3, 0.4) is 0 Å². The van der Waals surface area contributed by atoms with Crippen LogP contribution in [0.5, 0.6) is 0 Å². The molecule has 0 radical (unpaired) electrons. The van der Waals surface area contributed by atoms with Gasteiger partial charge < -0.3 is 16.0 Å². The lowest BCUT2D eigenvalue weighted by Gasteiger charge is -2.20. The van der Waals surface area contributed by atoms with Gasteiger partial charge in [0.2, 0.25) is 0 Å². The van der Waals surface area contributed by atoms with Crippen LogP contribution in [0.15, 0.2) is 18.5 Å². The molecule has 0 bridgehead atoms. The number of nitrogens with two attached hydrogens (primary N) is 1. The number of rotatable bonds is 4. The summed E-state index contributed by atoms with van der Waals surface area (Å²) in [6, 6.07) is 2.59. The molecule has 1 aliphatic rings. The van der Waals surface area contributed by atoms with Crippen molar-refractivity contribution in [3.8, 4) is 0 Å². The van der Waals surface area contributed by atoms with Gasteiger partial charge in [0, 0.05) is 25.3 Å². The summed E-state index contributed by atoms with van der Waals surface area (Å²) in [5.41, 5.74) is 7.43. The molecule has 17 heavy (non-hydrogen) atoms. The summed E-state index contributed by atoms with van der Waals surface area (Å²) in [7, 11) is 0. The van der Waals surface area contributed by atoms with Crippen LogP contribution in [-0.4, -0.2) is 35.6 Å². The number of hydrogen-bond donors (Lipinski definition) is 2. The minimum absolute atomic E-state index is 0.661. The molecule has 3 N–H and O–H groups in total. The van der Waals surface area contributed by atoms with E-state index in [1.54, 1.807) is 6.20 Å². The van der Waals surface area contributed by atoms with Crippen molar-refractivity contribution in [1.29, 1.82) is 0 Å². The predicted molar refractivity (Wildman–Crippen MR) is 72.0 cm³/mol. The normalized spacial score (nSPS) is 21.0. The van der Waals surface area contributed by atoms with Gasteiger partial charge in [0.15, 0.2) is 0 Å². The highest BCUT2D eigenvalue weighted by Gasteiger charge is 2.23. The summed E-state index contributed by atoms with van der Waals surface area (Å²) >= 11 is 0. The van der Waals surface area contributed by atoms with Crippen molar-refractivity contribution < 1.29 is 0 Å². The first-order valence-corrected chi connectivity index (χ1v) is 6.33. The van der Waals surface area contributed by atoms with Crippen molar-refractivity contribution in [3.63, 3.8) is 0 Å². The molecule has 0 amide bonds. The maximum atomic E-state index is 5.69. The van der Waals surface area contributed by atoms with Gasteiger partial charge in [-0.3, -0.25) is 4.98 Å². The van der Waals surface area contributed by atoms with E-state index >= 15 is 0 Å². The number of pyridine rings is 1. The monoisotopic (exact) mass is 234 g/mol. The van der Waals surface area contributed by atoms with E-state index in [4.69, 9.17) is 5.73 Å². The van der Waals surface area contributed by atoms with Crippen molar-refractivity contribution in [2.75, 3.05) is 30.7 Å². The van der Waals surface area contributed by atoms with Gasteiger partial charge in [-0.05, 0) is 38.8 Å². The van der Waals surface area contributed by atoms with Crippen LogP contribution in [0.2, 0.25) is 0 Å². The molecule has 0 aromatic carbocycles. The largest absolute Gasteiger partial charge is 0.397 e. The van der Waals surface area contributed by atoms with E-state index in [2.05, 4.69) is 29.0 Å². The van der Waals surface area contributed by atoms with Crippen LogP contribution in [0.4, 0.5) is 11.4 Å². The zero-order valence-electron chi connectivity index (χ0n) is 10.7. The average molecular weight is 234 g/mol. The van der Waals surface area contributed by atoms with Crippen molar-refractivity contribution in [1.82, 2.24) is 9.88 Å². The number of nitrogens with one attached hydrogen (secondary N) is 1.